The largest absolute Gasteiger partial charge is 0.271 e. The van der Waals surface area contributed by atoms with E-state index in [4.69, 9.17) is 17.4 Å². The fourth-order valence-electron chi connectivity index (χ4n) is 2.59. The molecule has 3 N–H and O–H groups in total. The summed E-state index contributed by atoms with van der Waals surface area (Å²) in [6.07, 6.45) is 3.88. The molecule has 84 valence electrons. The quantitative estimate of drug-likeness (QED) is 0.632. The van der Waals surface area contributed by atoms with Gasteiger partial charge in [0.25, 0.3) is 0 Å². The van der Waals surface area contributed by atoms with E-state index >= 15 is 0 Å². The van der Waals surface area contributed by atoms with Gasteiger partial charge in [0.1, 0.15) is 0 Å². The van der Waals surface area contributed by atoms with Crippen LogP contribution in [0.25, 0.3) is 0 Å². The van der Waals surface area contributed by atoms with E-state index in [2.05, 4.69) is 12.3 Å². The lowest BCUT2D eigenvalue weighted by atomic mass is 9.90. The molecule has 0 amide bonds. The van der Waals surface area contributed by atoms with Crippen LogP contribution in [0, 0.1) is 11.8 Å². The molecule has 1 aliphatic carbocycles. The zero-order chi connectivity index (χ0) is 10.8. The summed E-state index contributed by atoms with van der Waals surface area (Å²) in [4.78, 5) is 1.19. The van der Waals surface area contributed by atoms with Crippen molar-refractivity contribution in [2.24, 2.45) is 17.7 Å². The van der Waals surface area contributed by atoms with Crippen LogP contribution in [0.1, 0.15) is 37.1 Å². The van der Waals surface area contributed by atoms with Crippen LogP contribution >= 0.6 is 22.9 Å². The third-order valence-electron chi connectivity index (χ3n) is 3.46. The van der Waals surface area contributed by atoms with Crippen molar-refractivity contribution in [1.29, 1.82) is 0 Å². The fraction of sp³-hybridized carbons (Fsp3) is 0.636. The average molecular weight is 245 g/mol. The zero-order valence-corrected chi connectivity index (χ0v) is 10.4. The molecule has 2 rings (SSSR count). The molecule has 3 atom stereocenters. The van der Waals surface area contributed by atoms with Crippen LogP contribution in [0.3, 0.4) is 0 Å². The Hall–Kier alpha value is -0.0900. The topological polar surface area (TPSA) is 38.0 Å². The SMILES string of the molecule is CC1CCCC1C(NN)c1sccc1Cl. The molecule has 0 aliphatic heterocycles. The van der Waals surface area contributed by atoms with E-state index in [9.17, 15) is 0 Å². The molecule has 4 heteroatoms. The molecule has 2 nitrogen and oxygen atoms in total. The van der Waals surface area contributed by atoms with Crippen LogP contribution in [0.15, 0.2) is 11.4 Å². The molecule has 0 aromatic carbocycles. The molecule has 0 saturated heterocycles. The Morgan fingerprint density at radius 1 is 1.60 bits per heavy atom. The molecule has 0 radical (unpaired) electrons. The molecule has 1 aromatic rings. The molecule has 1 saturated carbocycles. The van der Waals surface area contributed by atoms with Crippen molar-refractivity contribution >= 4 is 22.9 Å². The summed E-state index contributed by atoms with van der Waals surface area (Å²) in [7, 11) is 0. The maximum atomic E-state index is 6.15. The van der Waals surface area contributed by atoms with E-state index in [1.54, 1.807) is 11.3 Å². The summed E-state index contributed by atoms with van der Waals surface area (Å²) in [5.74, 6) is 7.04. The van der Waals surface area contributed by atoms with E-state index in [1.807, 2.05) is 11.4 Å². The standard InChI is InChI=1S/C11H17ClN2S/c1-7-3-2-4-8(7)10(14-13)11-9(12)5-6-15-11/h5-8,10,14H,2-4,13H2,1H3. The zero-order valence-electron chi connectivity index (χ0n) is 8.87. The molecule has 1 heterocycles. The lowest BCUT2D eigenvalue weighted by Crippen LogP contribution is -2.34. The van der Waals surface area contributed by atoms with Gasteiger partial charge in [0.2, 0.25) is 0 Å². The van der Waals surface area contributed by atoms with Gasteiger partial charge in [-0.1, -0.05) is 31.4 Å². The smallest absolute Gasteiger partial charge is 0.0598 e. The van der Waals surface area contributed by atoms with Gasteiger partial charge in [-0.25, -0.2) is 0 Å². The first-order valence-electron chi connectivity index (χ1n) is 5.43. The van der Waals surface area contributed by atoms with Gasteiger partial charge in [-0.05, 0) is 29.7 Å². The molecule has 0 bridgehead atoms. The summed E-state index contributed by atoms with van der Waals surface area (Å²) < 4.78 is 0. The molecular formula is C11H17ClN2S. The number of hydrazine groups is 1. The van der Waals surface area contributed by atoms with E-state index in [1.165, 1.54) is 24.1 Å². The number of nitrogens with two attached hydrogens (primary N) is 1. The van der Waals surface area contributed by atoms with Crippen LogP contribution < -0.4 is 11.3 Å². The molecule has 1 aromatic heterocycles. The number of hydrogen-bond donors (Lipinski definition) is 2. The number of halogens is 1. The van der Waals surface area contributed by atoms with Gasteiger partial charge in [0, 0.05) is 4.88 Å². The number of nitrogens with one attached hydrogen (secondary N) is 1. The molecular weight excluding hydrogens is 228 g/mol. The Kier molecular flexibility index (Phi) is 3.67. The van der Waals surface area contributed by atoms with Crippen molar-refractivity contribution in [1.82, 2.24) is 5.43 Å². The fourth-order valence-corrected chi connectivity index (χ4v) is 3.90. The summed E-state index contributed by atoms with van der Waals surface area (Å²) in [6.45, 7) is 2.31. The van der Waals surface area contributed by atoms with Gasteiger partial charge in [-0.15, -0.1) is 11.3 Å². The highest BCUT2D eigenvalue weighted by Crippen LogP contribution is 2.42. The molecule has 15 heavy (non-hydrogen) atoms. The van der Waals surface area contributed by atoms with Gasteiger partial charge >= 0.3 is 0 Å². The van der Waals surface area contributed by atoms with Crippen molar-refractivity contribution in [2.75, 3.05) is 0 Å². The highest BCUT2D eigenvalue weighted by Gasteiger charge is 2.32. The first-order chi connectivity index (χ1) is 7.24. The lowest BCUT2D eigenvalue weighted by molar-refractivity contribution is 0.308. The van der Waals surface area contributed by atoms with Crippen LogP contribution in [-0.2, 0) is 0 Å². The highest BCUT2D eigenvalue weighted by molar-refractivity contribution is 7.10. The van der Waals surface area contributed by atoms with E-state index in [0.29, 0.717) is 5.92 Å². The second-order valence-corrected chi connectivity index (χ2v) is 5.70. The Morgan fingerprint density at radius 2 is 2.40 bits per heavy atom. The lowest BCUT2D eigenvalue weighted by Gasteiger charge is -2.25. The summed E-state index contributed by atoms with van der Waals surface area (Å²) in [6, 6.07) is 2.18. The summed E-state index contributed by atoms with van der Waals surface area (Å²) in [5, 5.41) is 2.88. The minimum atomic E-state index is 0.231. The van der Waals surface area contributed by atoms with Crippen molar-refractivity contribution in [3.8, 4) is 0 Å². The minimum Gasteiger partial charge on any atom is -0.271 e. The van der Waals surface area contributed by atoms with Crippen LogP contribution in [-0.4, -0.2) is 0 Å². The maximum Gasteiger partial charge on any atom is 0.0598 e. The molecule has 1 aliphatic rings. The molecule has 0 spiro atoms. The molecule has 3 unspecified atom stereocenters. The van der Waals surface area contributed by atoms with Crippen molar-refractivity contribution in [2.45, 2.75) is 32.2 Å². The average Bonchev–Trinajstić information content (AvgIpc) is 2.80. The van der Waals surface area contributed by atoms with Gasteiger partial charge in [0.05, 0.1) is 11.1 Å². The predicted molar refractivity (Wildman–Crippen MR) is 65.9 cm³/mol. The van der Waals surface area contributed by atoms with Crippen LogP contribution in [0.2, 0.25) is 5.02 Å². The van der Waals surface area contributed by atoms with Gasteiger partial charge < -0.3 is 0 Å². The maximum absolute atomic E-state index is 6.15. The van der Waals surface area contributed by atoms with Gasteiger partial charge in [-0.2, -0.15) is 0 Å². The Bertz CT molecular complexity index is 326. The van der Waals surface area contributed by atoms with Crippen molar-refractivity contribution in [3.05, 3.63) is 21.3 Å². The normalized spacial score (nSPS) is 28.2. The van der Waals surface area contributed by atoms with E-state index in [0.717, 1.165) is 10.9 Å². The van der Waals surface area contributed by atoms with E-state index < -0.39 is 0 Å². The Labute approximate surface area is 99.8 Å². The molecule has 1 fully saturated rings. The highest BCUT2D eigenvalue weighted by atomic mass is 35.5. The second kappa shape index (κ2) is 4.83. The van der Waals surface area contributed by atoms with Gasteiger partial charge in [-0.3, -0.25) is 11.3 Å². The first-order valence-corrected chi connectivity index (χ1v) is 6.68. The second-order valence-electron chi connectivity index (χ2n) is 4.35. The van der Waals surface area contributed by atoms with Crippen molar-refractivity contribution in [3.63, 3.8) is 0 Å². The van der Waals surface area contributed by atoms with Crippen molar-refractivity contribution < 1.29 is 0 Å². The summed E-state index contributed by atoms with van der Waals surface area (Å²) in [5.41, 5.74) is 2.94. The predicted octanol–water partition coefficient (Wildman–Crippen LogP) is 3.34. The monoisotopic (exact) mass is 244 g/mol. The first kappa shape index (κ1) is 11.4. The Morgan fingerprint density at radius 3 is 2.87 bits per heavy atom. The summed E-state index contributed by atoms with van der Waals surface area (Å²) >= 11 is 7.85. The Balaban J connectivity index is 2.20. The van der Waals surface area contributed by atoms with Gasteiger partial charge in [0.15, 0.2) is 0 Å². The third kappa shape index (κ3) is 2.21. The number of rotatable bonds is 3. The third-order valence-corrected chi connectivity index (χ3v) is 4.90. The minimum absolute atomic E-state index is 0.231. The van der Waals surface area contributed by atoms with Crippen LogP contribution in [0.5, 0.6) is 0 Å². The number of thiophene rings is 1. The van der Waals surface area contributed by atoms with Crippen LogP contribution in [0.4, 0.5) is 0 Å². The van der Waals surface area contributed by atoms with E-state index in [-0.39, 0.29) is 6.04 Å². The number of hydrogen-bond acceptors (Lipinski definition) is 3.